The Balaban J connectivity index is 1.19. The molecular weight excluding hydrogens is 430 g/mol. The molecule has 0 radical (unpaired) electrons. The highest BCUT2D eigenvalue weighted by atomic mass is 16.3. The summed E-state index contributed by atoms with van der Waals surface area (Å²) in [5.41, 5.74) is 5.31. The first-order valence-electron chi connectivity index (χ1n) is 11.6. The summed E-state index contributed by atoms with van der Waals surface area (Å²) in [5.74, 6) is -0.306. The minimum absolute atomic E-state index is 0.175. The molecule has 1 aliphatic rings. The van der Waals surface area contributed by atoms with Crippen LogP contribution in [0.1, 0.15) is 41.5 Å². The van der Waals surface area contributed by atoms with Crippen molar-refractivity contribution < 1.29 is 9.90 Å². The smallest absolute Gasteiger partial charge is 0.271 e. The molecule has 2 N–H and O–H groups in total. The monoisotopic (exact) mass is 459 g/mol. The zero-order valence-electron chi connectivity index (χ0n) is 19.4. The van der Waals surface area contributed by atoms with Gasteiger partial charge in [0.05, 0.1) is 12.3 Å². The third kappa shape index (κ3) is 4.71. The van der Waals surface area contributed by atoms with Crippen LogP contribution in [0.15, 0.2) is 55.0 Å². The summed E-state index contributed by atoms with van der Waals surface area (Å²) >= 11 is 0. The van der Waals surface area contributed by atoms with E-state index in [-0.39, 0.29) is 18.5 Å². The Labute approximate surface area is 198 Å². The van der Waals surface area contributed by atoms with Gasteiger partial charge in [-0.3, -0.25) is 9.69 Å². The van der Waals surface area contributed by atoms with E-state index in [1.807, 2.05) is 44.4 Å². The van der Waals surface area contributed by atoms with Gasteiger partial charge in [0.1, 0.15) is 17.0 Å². The number of aliphatic hydroxyl groups excluding tert-OH is 1. The molecule has 3 aromatic heterocycles. The number of nitrogens with one attached hydrogen (secondary N) is 1. The molecule has 0 bridgehead atoms. The normalized spacial score (nSPS) is 14.9. The Morgan fingerprint density at radius 3 is 2.74 bits per heavy atom. The van der Waals surface area contributed by atoms with Crippen LogP contribution in [-0.4, -0.2) is 66.0 Å². The standard InChI is InChI=1S/C25H29N7O2/c1-17(2)32-16-22(28-29-32)20-7-8-24-27-23(15-31(24)13-20)25(34)26-11-21(33)14-30-10-9-18-5-3-4-6-19(18)12-30/h3-8,13,15-17,21,33H,9-12,14H2,1-2H3,(H,26,34). The molecule has 1 aliphatic heterocycles. The number of aromatic nitrogens is 5. The van der Waals surface area contributed by atoms with Crippen LogP contribution in [0.4, 0.5) is 0 Å². The Hall–Kier alpha value is -3.56. The number of benzene rings is 1. The van der Waals surface area contributed by atoms with Crippen molar-refractivity contribution in [3.63, 3.8) is 0 Å². The van der Waals surface area contributed by atoms with Gasteiger partial charge in [0, 0.05) is 50.2 Å². The van der Waals surface area contributed by atoms with Crippen LogP contribution < -0.4 is 5.32 Å². The highest BCUT2D eigenvalue weighted by molar-refractivity contribution is 5.92. The van der Waals surface area contributed by atoms with Crippen LogP contribution >= 0.6 is 0 Å². The number of carbonyl (C=O) groups excluding carboxylic acids is 1. The first-order chi connectivity index (χ1) is 16.5. The van der Waals surface area contributed by atoms with E-state index in [1.165, 1.54) is 11.1 Å². The van der Waals surface area contributed by atoms with Gasteiger partial charge >= 0.3 is 0 Å². The lowest BCUT2D eigenvalue weighted by molar-refractivity contribution is 0.0838. The molecule has 176 valence electrons. The van der Waals surface area contributed by atoms with E-state index >= 15 is 0 Å². The third-order valence-corrected chi connectivity index (χ3v) is 6.20. The first kappa shape index (κ1) is 22.2. The fourth-order valence-corrected chi connectivity index (χ4v) is 4.29. The number of fused-ring (bicyclic) bond motifs is 2. The molecule has 1 unspecified atom stereocenters. The number of amides is 1. The summed E-state index contributed by atoms with van der Waals surface area (Å²) in [4.78, 5) is 19.3. The predicted molar refractivity (Wildman–Crippen MR) is 128 cm³/mol. The molecule has 9 nitrogen and oxygen atoms in total. The summed E-state index contributed by atoms with van der Waals surface area (Å²) in [6, 6.07) is 12.4. The van der Waals surface area contributed by atoms with E-state index < -0.39 is 6.10 Å². The van der Waals surface area contributed by atoms with Gasteiger partial charge in [-0.25, -0.2) is 9.67 Å². The zero-order valence-corrected chi connectivity index (χ0v) is 19.4. The molecule has 4 heterocycles. The first-order valence-corrected chi connectivity index (χ1v) is 11.6. The van der Waals surface area contributed by atoms with Gasteiger partial charge in [0.25, 0.3) is 5.91 Å². The van der Waals surface area contributed by atoms with E-state index in [9.17, 15) is 9.90 Å². The Morgan fingerprint density at radius 2 is 1.94 bits per heavy atom. The average Bonchev–Trinajstić information content (AvgIpc) is 3.50. The molecular formula is C25H29N7O2. The van der Waals surface area contributed by atoms with Crippen LogP contribution in [0, 0.1) is 0 Å². The molecule has 0 spiro atoms. The SMILES string of the molecule is CC(C)n1cc(-c2ccc3nc(C(=O)NCC(O)CN4CCc5ccccc5C4)cn3c2)nn1. The van der Waals surface area contributed by atoms with Crippen molar-refractivity contribution in [2.75, 3.05) is 19.6 Å². The van der Waals surface area contributed by atoms with Gasteiger partial charge in [0.15, 0.2) is 0 Å². The van der Waals surface area contributed by atoms with Crippen LogP contribution in [0.3, 0.4) is 0 Å². The Bertz CT molecular complexity index is 1310. The largest absolute Gasteiger partial charge is 0.390 e. The molecule has 0 saturated heterocycles. The lowest BCUT2D eigenvalue weighted by Gasteiger charge is -2.30. The number of hydrogen-bond acceptors (Lipinski definition) is 6. The van der Waals surface area contributed by atoms with Crippen LogP contribution in [0.25, 0.3) is 16.9 Å². The number of rotatable bonds is 7. The average molecular weight is 460 g/mol. The topological polar surface area (TPSA) is 101 Å². The minimum atomic E-state index is -0.651. The van der Waals surface area contributed by atoms with Gasteiger partial charge in [-0.1, -0.05) is 29.5 Å². The van der Waals surface area contributed by atoms with Gasteiger partial charge < -0.3 is 14.8 Å². The highest BCUT2D eigenvalue weighted by Crippen LogP contribution is 2.20. The molecule has 0 aliphatic carbocycles. The number of pyridine rings is 1. The fraction of sp³-hybridized carbons (Fsp3) is 0.360. The van der Waals surface area contributed by atoms with Gasteiger partial charge in [0.2, 0.25) is 0 Å². The lowest BCUT2D eigenvalue weighted by atomic mass is 10.00. The van der Waals surface area contributed by atoms with Crippen molar-refractivity contribution in [1.29, 1.82) is 0 Å². The molecule has 1 atom stereocenters. The van der Waals surface area contributed by atoms with Crippen LogP contribution in [-0.2, 0) is 13.0 Å². The molecule has 5 rings (SSSR count). The molecule has 34 heavy (non-hydrogen) atoms. The quantitative estimate of drug-likeness (QED) is 0.440. The van der Waals surface area contributed by atoms with Crippen LogP contribution in [0.5, 0.6) is 0 Å². The van der Waals surface area contributed by atoms with Crippen molar-refractivity contribution in [2.24, 2.45) is 0 Å². The summed E-state index contributed by atoms with van der Waals surface area (Å²) in [5, 5.41) is 21.7. The molecule has 1 amide bonds. The van der Waals surface area contributed by atoms with E-state index in [1.54, 1.807) is 15.3 Å². The number of aliphatic hydroxyl groups is 1. The summed E-state index contributed by atoms with van der Waals surface area (Å²) < 4.78 is 3.61. The highest BCUT2D eigenvalue weighted by Gasteiger charge is 2.19. The second kappa shape index (κ2) is 9.36. The maximum absolute atomic E-state index is 12.7. The van der Waals surface area contributed by atoms with E-state index in [0.29, 0.717) is 17.9 Å². The second-order valence-corrected chi connectivity index (χ2v) is 9.10. The van der Waals surface area contributed by atoms with E-state index in [0.717, 1.165) is 30.8 Å². The lowest BCUT2D eigenvalue weighted by Crippen LogP contribution is -2.42. The van der Waals surface area contributed by atoms with Crippen molar-refractivity contribution in [2.45, 2.75) is 39.0 Å². The number of β-amino-alcohol motifs (C(OH)–C–C–N with tert-alkyl or cyclic N) is 1. The summed E-state index contributed by atoms with van der Waals surface area (Å²) in [6.07, 6.45) is 5.80. The molecule has 1 aromatic carbocycles. The molecule has 9 heteroatoms. The van der Waals surface area contributed by atoms with E-state index in [4.69, 9.17) is 0 Å². The fourth-order valence-electron chi connectivity index (χ4n) is 4.29. The predicted octanol–water partition coefficient (Wildman–Crippen LogP) is 2.32. The molecule has 0 fully saturated rings. The number of carbonyl (C=O) groups is 1. The number of imidazole rings is 1. The van der Waals surface area contributed by atoms with Crippen molar-refractivity contribution >= 4 is 11.6 Å². The maximum Gasteiger partial charge on any atom is 0.271 e. The van der Waals surface area contributed by atoms with Gasteiger partial charge in [-0.05, 0) is 43.5 Å². The zero-order chi connectivity index (χ0) is 23.7. The Morgan fingerprint density at radius 1 is 1.12 bits per heavy atom. The number of hydrogen-bond donors (Lipinski definition) is 2. The second-order valence-electron chi connectivity index (χ2n) is 9.10. The van der Waals surface area contributed by atoms with Crippen molar-refractivity contribution in [3.05, 3.63) is 71.8 Å². The maximum atomic E-state index is 12.7. The molecule has 4 aromatic rings. The summed E-state index contributed by atoms with van der Waals surface area (Å²) in [6.45, 7) is 6.51. The third-order valence-electron chi connectivity index (χ3n) is 6.20. The van der Waals surface area contributed by atoms with Gasteiger partial charge in [-0.15, -0.1) is 5.10 Å². The van der Waals surface area contributed by atoms with E-state index in [2.05, 4.69) is 43.7 Å². The van der Waals surface area contributed by atoms with Crippen LogP contribution in [0.2, 0.25) is 0 Å². The minimum Gasteiger partial charge on any atom is -0.390 e. The van der Waals surface area contributed by atoms with Gasteiger partial charge in [-0.2, -0.15) is 0 Å². The number of nitrogens with zero attached hydrogens (tertiary/aromatic N) is 6. The summed E-state index contributed by atoms with van der Waals surface area (Å²) in [7, 11) is 0. The van der Waals surface area contributed by atoms with Crippen molar-refractivity contribution in [1.82, 2.24) is 34.6 Å². The van der Waals surface area contributed by atoms with Crippen molar-refractivity contribution in [3.8, 4) is 11.3 Å². The Kier molecular flexibility index (Phi) is 6.12. The molecule has 0 saturated carbocycles.